The molecular weight excluding hydrogens is 148 g/mol. The van der Waals surface area contributed by atoms with Gasteiger partial charge in [-0.05, 0) is 13.2 Å². The van der Waals surface area contributed by atoms with Gasteiger partial charge in [0.1, 0.15) is 0 Å². The normalized spacial score (nSPS) is 10.2. The van der Waals surface area contributed by atoms with Crippen molar-refractivity contribution in [3.63, 3.8) is 0 Å². The average Bonchev–Trinajstić information content (AvgIpc) is 1.89. The van der Waals surface area contributed by atoms with Gasteiger partial charge in [0.15, 0.2) is 0 Å². The van der Waals surface area contributed by atoms with Crippen LogP contribution in [0.1, 0.15) is 6.92 Å². The van der Waals surface area contributed by atoms with Crippen LogP contribution in [0, 0.1) is 0 Å². The van der Waals surface area contributed by atoms with Crippen molar-refractivity contribution in [2.75, 3.05) is 18.6 Å². The van der Waals surface area contributed by atoms with E-state index in [4.69, 9.17) is 0 Å². The number of carbonyl (C=O) groups is 1. The minimum Gasteiger partial charge on any atom is -0.463 e. The summed E-state index contributed by atoms with van der Waals surface area (Å²) >= 11 is 1.67. The van der Waals surface area contributed by atoms with Gasteiger partial charge in [-0.2, -0.15) is 11.8 Å². The Morgan fingerprint density at radius 3 is 2.90 bits per heavy atom. The number of thioether (sulfide) groups is 1. The molecule has 0 fully saturated rings. The van der Waals surface area contributed by atoms with Crippen LogP contribution in [0.4, 0.5) is 0 Å². The lowest BCUT2D eigenvalue weighted by molar-refractivity contribution is -0.137. The highest BCUT2D eigenvalue weighted by molar-refractivity contribution is 7.98. The molecule has 10 heavy (non-hydrogen) atoms. The van der Waals surface area contributed by atoms with Crippen LogP contribution in [-0.2, 0) is 9.53 Å². The third-order valence-electron chi connectivity index (χ3n) is 0.803. The zero-order valence-electron chi connectivity index (χ0n) is 6.29. The zero-order valence-corrected chi connectivity index (χ0v) is 7.11. The van der Waals surface area contributed by atoms with Crippen LogP contribution in [0.5, 0.6) is 0 Å². The van der Waals surface area contributed by atoms with Crippen LogP contribution in [0.15, 0.2) is 12.2 Å². The molecule has 0 amide bonds. The Hall–Kier alpha value is -0.440. The van der Waals surface area contributed by atoms with Crippen molar-refractivity contribution in [3.8, 4) is 0 Å². The van der Waals surface area contributed by atoms with Gasteiger partial charge in [-0.25, -0.2) is 4.79 Å². The molecular formula is C7H12O2S. The molecule has 0 spiro atoms. The van der Waals surface area contributed by atoms with E-state index in [2.05, 4.69) is 4.74 Å². The number of ether oxygens (including phenoxy) is 1. The minimum absolute atomic E-state index is 0.253. The van der Waals surface area contributed by atoms with Crippen LogP contribution in [-0.4, -0.2) is 24.6 Å². The summed E-state index contributed by atoms with van der Waals surface area (Å²) in [6, 6.07) is 0. The molecule has 0 aliphatic heterocycles. The van der Waals surface area contributed by atoms with E-state index >= 15 is 0 Å². The molecule has 0 unspecified atom stereocenters. The van der Waals surface area contributed by atoms with Gasteiger partial charge < -0.3 is 4.74 Å². The number of hydrogen-bond acceptors (Lipinski definition) is 3. The summed E-state index contributed by atoms with van der Waals surface area (Å²) in [4.78, 5) is 10.6. The van der Waals surface area contributed by atoms with Crippen molar-refractivity contribution in [2.45, 2.75) is 6.92 Å². The lowest BCUT2D eigenvalue weighted by Gasteiger charge is -1.93. The molecule has 0 heterocycles. The van der Waals surface area contributed by atoms with E-state index in [1.165, 1.54) is 6.08 Å². The lowest BCUT2D eigenvalue weighted by Crippen LogP contribution is -1.98. The third-order valence-corrected chi connectivity index (χ3v) is 1.33. The summed E-state index contributed by atoms with van der Waals surface area (Å²) in [5, 5.41) is 0. The summed E-state index contributed by atoms with van der Waals surface area (Å²) < 4.78 is 4.65. The Bertz CT molecular complexity index is 121. The number of hydrogen-bond donors (Lipinski definition) is 0. The Kier molecular flexibility index (Phi) is 6.38. The Labute approximate surface area is 65.6 Å². The van der Waals surface area contributed by atoms with Crippen LogP contribution < -0.4 is 0 Å². The largest absolute Gasteiger partial charge is 0.463 e. The molecule has 0 rings (SSSR count). The SMILES string of the molecule is CCOC(=O)C=CCSC. The fourth-order valence-corrected chi connectivity index (χ4v) is 0.720. The first-order valence-corrected chi connectivity index (χ1v) is 4.53. The van der Waals surface area contributed by atoms with Crippen molar-refractivity contribution >= 4 is 17.7 Å². The molecule has 0 aromatic rings. The maximum atomic E-state index is 10.6. The van der Waals surface area contributed by atoms with Crippen LogP contribution in [0.2, 0.25) is 0 Å². The first-order chi connectivity index (χ1) is 4.81. The van der Waals surface area contributed by atoms with Gasteiger partial charge in [-0.3, -0.25) is 0 Å². The average molecular weight is 160 g/mol. The van der Waals surface area contributed by atoms with Gasteiger partial charge in [-0.15, -0.1) is 0 Å². The highest BCUT2D eigenvalue weighted by Crippen LogP contribution is 1.91. The maximum absolute atomic E-state index is 10.6. The molecule has 0 aliphatic rings. The van der Waals surface area contributed by atoms with E-state index < -0.39 is 0 Å². The fourth-order valence-electron chi connectivity index (χ4n) is 0.431. The van der Waals surface area contributed by atoms with Gasteiger partial charge in [-0.1, -0.05) is 6.08 Å². The summed E-state index contributed by atoms with van der Waals surface area (Å²) in [5.41, 5.74) is 0. The van der Waals surface area contributed by atoms with Gasteiger partial charge in [0.05, 0.1) is 6.61 Å². The molecule has 3 heteroatoms. The number of carbonyl (C=O) groups excluding carboxylic acids is 1. The second kappa shape index (κ2) is 6.68. The predicted octanol–water partition coefficient (Wildman–Crippen LogP) is 1.47. The smallest absolute Gasteiger partial charge is 0.330 e. The predicted molar refractivity (Wildman–Crippen MR) is 44.2 cm³/mol. The molecule has 0 radical (unpaired) electrons. The zero-order chi connectivity index (χ0) is 7.82. The molecule has 0 bridgehead atoms. The van der Waals surface area contributed by atoms with Gasteiger partial charge >= 0.3 is 5.97 Å². The molecule has 0 aromatic heterocycles. The van der Waals surface area contributed by atoms with Crippen molar-refractivity contribution in [3.05, 3.63) is 12.2 Å². The number of rotatable bonds is 4. The molecule has 0 atom stereocenters. The van der Waals surface area contributed by atoms with E-state index in [0.29, 0.717) is 6.61 Å². The molecule has 0 aromatic carbocycles. The van der Waals surface area contributed by atoms with E-state index in [9.17, 15) is 4.79 Å². The summed E-state index contributed by atoms with van der Waals surface area (Å²) in [6.45, 7) is 2.24. The molecule has 2 nitrogen and oxygen atoms in total. The second-order valence-electron chi connectivity index (χ2n) is 1.61. The van der Waals surface area contributed by atoms with Crippen molar-refractivity contribution in [1.82, 2.24) is 0 Å². The standard InChI is InChI=1S/C7H12O2S/c1-3-9-7(8)5-4-6-10-2/h4-5H,3,6H2,1-2H3. The van der Waals surface area contributed by atoms with Gasteiger partial charge in [0.25, 0.3) is 0 Å². The molecule has 58 valence electrons. The topological polar surface area (TPSA) is 26.3 Å². The lowest BCUT2D eigenvalue weighted by atomic mass is 10.5. The molecule has 0 N–H and O–H groups in total. The fraction of sp³-hybridized carbons (Fsp3) is 0.571. The van der Waals surface area contributed by atoms with Crippen LogP contribution >= 0.6 is 11.8 Å². The van der Waals surface area contributed by atoms with E-state index in [-0.39, 0.29) is 5.97 Å². The van der Waals surface area contributed by atoms with Crippen molar-refractivity contribution in [1.29, 1.82) is 0 Å². The van der Waals surface area contributed by atoms with Crippen LogP contribution in [0.25, 0.3) is 0 Å². The maximum Gasteiger partial charge on any atom is 0.330 e. The third kappa shape index (κ3) is 5.69. The van der Waals surface area contributed by atoms with Crippen molar-refractivity contribution < 1.29 is 9.53 Å². The monoisotopic (exact) mass is 160 g/mol. The van der Waals surface area contributed by atoms with Crippen molar-refractivity contribution in [2.24, 2.45) is 0 Å². The van der Waals surface area contributed by atoms with E-state index in [1.807, 2.05) is 6.26 Å². The molecule has 0 saturated carbocycles. The summed E-state index contributed by atoms with van der Waals surface area (Å²) in [6.07, 6.45) is 5.23. The summed E-state index contributed by atoms with van der Waals surface area (Å²) in [7, 11) is 0. The first kappa shape index (κ1) is 9.56. The first-order valence-electron chi connectivity index (χ1n) is 3.13. The highest BCUT2D eigenvalue weighted by Gasteiger charge is 1.90. The molecule has 0 aliphatic carbocycles. The minimum atomic E-state index is -0.253. The van der Waals surface area contributed by atoms with Gasteiger partial charge in [0, 0.05) is 11.8 Å². The molecule has 0 saturated heterocycles. The number of esters is 1. The Balaban J connectivity index is 3.36. The van der Waals surface area contributed by atoms with Crippen LogP contribution in [0.3, 0.4) is 0 Å². The second-order valence-corrected chi connectivity index (χ2v) is 2.52. The summed E-state index contributed by atoms with van der Waals surface area (Å²) in [5.74, 6) is 0.607. The Morgan fingerprint density at radius 1 is 1.70 bits per heavy atom. The Morgan fingerprint density at radius 2 is 2.40 bits per heavy atom. The quantitative estimate of drug-likeness (QED) is 0.460. The van der Waals surface area contributed by atoms with E-state index in [1.54, 1.807) is 24.8 Å². The highest BCUT2D eigenvalue weighted by atomic mass is 32.2. The van der Waals surface area contributed by atoms with E-state index in [0.717, 1.165) is 5.75 Å². The van der Waals surface area contributed by atoms with Gasteiger partial charge in [0.2, 0.25) is 0 Å².